The average molecular weight is 267 g/mol. The van der Waals surface area contributed by atoms with Gasteiger partial charge >= 0.3 is 5.69 Å². The third-order valence-electron chi connectivity index (χ3n) is 1.98. The molecule has 0 aromatic carbocycles. The summed E-state index contributed by atoms with van der Waals surface area (Å²) in [4.78, 5) is 22.0. The number of aliphatic imine (C=N–C) groups is 2. The van der Waals surface area contributed by atoms with E-state index in [1.807, 2.05) is 0 Å². The molecule has 9 nitrogen and oxygen atoms in total. The predicted molar refractivity (Wildman–Crippen MR) is 73.5 cm³/mol. The highest BCUT2D eigenvalue weighted by Gasteiger charge is 2.26. The molecule has 104 valence electrons. The van der Waals surface area contributed by atoms with E-state index in [1.165, 1.54) is 17.4 Å². The molecule has 0 unspecified atom stereocenters. The molecule has 1 aromatic rings. The quantitative estimate of drug-likeness (QED) is 0.340. The molecule has 9 heteroatoms. The summed E-state index contributed by atoms with van der Waals surface area (Å²) in [6, 6.07) is 0. The summed E-state index contributed by atoms with van der Waals surface area (Å²) in [7, 11) is 8.67. The lowest BCUT2D eigenvalue weighted by Gasteiger charge is -2.01. The van der Waals surface area contributed by atoms with Crippen molar-refractivity contribution in [3.8, 4) is 0 Å². The highest BCUT2D eigenvalue weighted by Crippen LogP contribution is 2.35. The Hall–Kier alpha value is -2.45. The lowest BCUT2D eigenvalue weighted by Crippen LogP contribution is -2.07. The van der Waals surface area contributed by atoms with E-state index < -0.39 is 4.92 Å². The van der Waals surface area contributed by atoms with Crippen LogP contribution in [0.3, 0.4) is 0 Å². The molecule has 1 rings (SSSR count). The SMILES string of the molecule is CN(C)C=Nc1nn(C)c(N=CN(C)C)c1[N+](=O)[O-]. The van der Waals surface area contributed by atoms with Crippen LogP contribution in [-0.2, 0) is 7.05 Å². The summed E-state index contributed by atoms with van der Waals surface area (Å²) >= 11 is 0. The van der Waals surface area contributed by atoms with Gasteiger partial charge in [0.1, 0.15) is 0 Å². The number of nitro groups is 1. The van der Waals surface area contributed by atoms with E-state index in [1.54, 1.807) is 45.0 Å². The number of hydrogen-bond acceptors (Lipinski definition) is 5. The van der Waals surface area contributed by atoms with Gasteiger partial charge in [-0.3, -0.25) is 10.1 Å². The molecule has 0 radical (unpaired) electrons. The maximum Gasteiger partial charge on any atom is 0.359 e. The predicted octanol–water partition coefficient (Wildman–Crippen LogP) is 0.771. The van der Waals surface area contributed by atoms with Crippen LogP contribution in [0.25, 0.3) is 0 Å². The van der Waals surface area contributed by atoms with E-state index in [4.69, 9.17) is 0 Å². The minimum Gasteiger partial charge on any atom is -0.369 e. The maximum absolute atomic E-state index is 11.1. The highest BCUT2D eigenvalue weighted by molar-refractivity contribution is 5.74. The Labute approximate surface area is 111 Å². The Morgan fingerprint density at radius 3 is 2.21 bits per heavy atom. The Morgan fingerprint density at radius 2 is 1.74 bits per heavy atom. The van der Waals surface area contributed by atoms with Gasteiger partial charge in [-0.2, -0.15) is 0 Å². The van der Waals surface area contributed by atoms with Crippen LogP contribution in [0.15, 0.2) is 9.98 Å². The van der Waals surface area contributed by atoms with E-state index in [2.05, 4.69) is 15.1 Å². The molecule has 0 aliphatic rings. The highest BCUT2D eigenvalue weighted by atomic mass is 16.6. The summed E-state index contributed by atoms with van der Waals surface area (Å²) in [6.45, 7) is 0. The first kappa shape index (κ1) is 14.6. The van der Waals surface area contributed by atoms with Gasteiger partial charge in [0.2, 0.25) is 5.82 Å². The first-order chi connectivity index (χ1) is 8.82. The van der Waals surface area contributed by atoms with Crippen LogP contribution in [0.5, 0.6) is 0 Å². The molecule has 0 aliphatic carbocycles. The second kappa shape index (κ2) is 5.94. The number of hydrogen-bond donors (Lipinski definition) is 0. The van der Waals surface area contributed by atoms with Gasteiger partial charge in [-0.25, -0.2) is 14.7 Å². The van der Waals surface area contributed by atoms with Crippen molar-refractivity contribution in [3.05, 3.63) is 10.1 Å². The van der Waals surface area contributed by atoms with Crippen LogP contribution >= 0.6 is 0 Å². The molecular formula is C10H17N7O2. The summed E-state index contributed by atoms with van der Waals surface area (Å²) in [5.74, 6) is 0.191. The maximum atomic E-state index is 11.1. The first-order valence-corrected chi connectivity index (χ1v) is 5.45. The monoisotopic (exact) mass is 267 g/mol. The van der Waals surface area contributed by atoms with Crippen molar-refractivity contribution in [1.29, 1.82) is 0 Å². The Bertz CT molecular complexity index is 516. The van der Waals surface area contributed by atoms with E-state index in [-0.39, 0.29) is 17.3 Å². The largest absolute Gasteiger partial charge is 0.369 e. The Morgan fingerprint density at radius 1 is 1.21 bits per heavy atom. The molecule has 0 fully saturated rings. The van der Waals surface area contributed by atoms with Crippen molar-refractivity contribution < 1.29 is 4.92 Å². The van der Waals surface area contributed by atoms with Gasteiger partial charge < -0.3 is 9.80 Å². The van der Waals surface area contributed by atoms with Crippen LogP contribution < -0.4 is 0 Å². The summed E-state index contributed by atoms with van der Waals surface area (Å²) in [5, 5.41) is 15.1. The molecule has 19 heavy (non-hydrogen) atoms. The van der Waals surface area contributed by atoms with Crippen molar-refractivity contribution in [2.24, 2.45) is 17.0 Å². The van der Waals surface area contributed by atoms with Crippen molar-refractivity contribution >= 4 is 30.0 Å². The van der Waals surface area contributed by atoms with Crippen LogP contribution in [0.1, 0.15) is 0 Å². The lowest BCUT2D eigenvalue weighted by atomic mass is 10.5. The molecule has 0 spiro atoms. The van der Waals surface area contributed by atoms with Gasteiger partial charge in [-0.1, -0.05) is 0 Å². The lowest BCUT2D eigenvalue weighted by molar-refractivity contribution is -0.383. The van der Waals surface area contributed by atoms with Crippen LogP contribution in [0.2, 0.25) is 0 Å². The minimum absolute atomic E-state index is 0.0344. The normalized spacial score (nSPS) is 11.4. The van der Waals surface area contributed by atoms with Gasteiger partial charge in [-0.15, -0.1) is 5.10 Å². The standard InChI is InChI=1S/C10H17N7O2/c1-14(2)6-11-9-8(17(18)19)10(16(5)13-9)12-7-15(3)4/h6-7H,1-5H3. The Balaban J connectivity index is 3.28. The smallest absolute Gasteiger partial charge is 0.359 e. The fraction of sp³-hybridized carbons (Fsp3) is 0.500. The second-order valence-electron chi connectivity index (χ2n) is 4.29. The third-order valence-corrected chi connectivity index (χ3v) is 1.98. The molecule has 0 aliphatic heterocycles. The average Bonchev–Trinajstić information content (AvgIpc) is 2.60. The zero-order valence-corrected chi connectivity index (χ0v) is 11.6. The van der Waals surface area contributed by atoms with Gasteiger partial charge in [0.15, 0.2) is 0 Å². The molecule has 0 N–H and O–H groups in total. The van der Waals surface area contributed by atoms with Crippen molar-refractivity contribution in [2.45, 2.75) is 0 Å². The molecule has 0 bridgehead atoms. The fourth-order valence-corrected chi connectivity index (χ4v) is 1.23. The van der Waals surface area contributed by atoms with Crippen LogP contribution in [0.4, 0.5) is 17.3 Å². The summed E-state index contributed by atoms with van der Waals surface area (Å²) < 4.78 is 1.33. The van der Waals surface area contributed by atoms with Crippen molar-refractivity contribution in [3.63, 3.8) is 0 Å². The van der Waals surface area contributed by atoms with E-state index in [0.717, 1.165) is 0 Å². The van der Waals surface area contributed by atoms with Gasteiger partial charge in [-0.05, 0) is 0 Å². The molecule has 0 saturated carbocycles. The van der Waals surface area contributed by atoms with Crippen LogP contribution in [0, 0.1) is 10.1 Å². The number of aryl methyl sites for hydroxylation is 1. The summed E-state index contributed by atoms with van der Waals surface area (Å²) in [5.41, 5.74) is -0.210. The zero-order chi connectivity index (χ0) is 14.6. The molecule has 0 amide bonds. The van der Waals surface area contributed by atoms with Gasteiger partial charge in [0, 0.05) is 35.2 Å². The van der Waals surface area contributed by atoms with Gasteiger partial charge in [0.05, 0.1) is 17.6 Å². The molecule has 1 aromatic heterocycles. The second-order valence-corrected chi connectivity index (χ2v) is 4.29. The third kappa shape index (κ3) is 3.76. The molecule has 1 heterocycles. The number of nitrogens with zero attached hydrogens (tertiary/aromatic N) is 7. The fourth-order valence-electron chi connectivity index (χ4n) is 1.23. The number of aromatic nitrogens is 2. The zero-order valence-electron chi connectivity index (χ0n) is 11.6. The summed E-state index contributed by atoms with van der Waals surface area (Å²) in [6.07, 6.45) is 2.93. The van der Waals surface area contributed by atoms with Gasteiger partial charge in [0.25, 0.3) is 5.82 Å². The van der Waals surface area contributed by atoms with Crippen molar-refractivity contribution in [2.75, 3.05) is 28.2 Å². The van der Waals surface area contributed by atoms with E-state index in [0.29, 0.717) is 0 Å². The molecule has 0 atom stereocenters. The van der Waals surface area contributed by atoms with Crippen LogP contribution in [-0.4, -0.2) is 65.4 Å². The van der Waals surface area contributed by atoms with E-state index >= 15 is 0 Å². The number of rotatable bonds is 5. The minimum atomic E-state index is -0.530. The first-order valence-electron chi connectivity index (χ1n) is 5.45. The molecule has 0 saturated heterocycles. The topological polar surface area (TPSA) is 92.2 Å². The molecular weight excluding hydrogens is 250 g/mol. The van der Waals surface area contributed by atoms with E-state index in [9.17, 15) is 10.1 Å². The van der Waals surface area contributed by atoms with Crippen molar-refractivity contribution in [1.82, 2.24) is 19.6 Å². The Kier molecular flexibility index (Phi) is 4.56.